The number of rotatable bonds is 10. The number of carbonyl (C=O) groups excluding carboxylic acids is 1. The summed E-state index contributed by atoms with van der Waals surface area (Å²) in [6, 6.07) is 28.4. The lowest BCUT2D eigenvalue weighted by Gasteiger charge is -2.26. The fourth-order valence-electron chi connectivity index (χ4n) is 4.28. The van der Waals surface area contributed by atoms with Gasteiger partial charge in [0.25, 0.3) is 0 Å². The van der Waals surface area contributed by atoms with E-state index in [2.05, 4.69) is 11.4 Å². The number of hydrogen-bond donors (Lipinski definition) is 4. The van der Waals surface area contributed by atoms with Gasteiger partial charge in [0.05, 0.1) is 6.54 Å². The van der Waals surface area contributed by atoms with Crippen LogP contribution in [0.3, 0.4) is 0 Å². The standard InChI is InChI=1S/C30H28N2O6/c33-27(29(36)37)19-32(18-21-7-2-1-3-8-21)30(38)31-26(28(34)35)17-20-13-15-23(16-14-20)25-12-6-10-22-9-4-5-11-24(22)25/h1-16,26-27,33H,17-19H2,(H,31,38)(H,34,35)(H,36,37)/t26-,27?/m0/s1. The number of aliphatic hydroxyl groups excluding tert-OH is 1. The van der Waals surface area contributed by atoms with Crippen molar-refractivity contribution in [3.05, 3.63) is 108 Å². The van der Waals surface area contributed by atoms with Crippen molar-refractivity contribution in [2.24, 2.45) is 0 Å². The van der Waals surface area contributed by atoms with Crippen LogP contribution in [-0.2, 0) is 22.6 Å². The second-order valence-electron chi connectivity index (χ2n) is 8.99. The number of aliphatic hydroxyl groups is 1. The first-order chi connectivity index (χ1) is 18.3. The third-order valence-corrected chi connectivity index (χ3v) is 6.27. The normalized spacial score (nSPS) is 12.4. The first-order valence-electron chi connectivity index (χ1n) is 12.1. The molecule has 38 heavy (non-hydrogen) atoms. The second kappa shape index (κ2) is 12.0. The molecular formula is C30H28N2O6. The highest BCUT2D eigenvalue weighted by molar-refractivity contribution is 5.96. The number of nitrogens with one attached hydrogen (secondary N) is 1. The van der Waals surface area contributed by atoms with Gasteiger partial charge in [0.15, 0.2) is 6.10 Å². The predicted molar refractivity (Wildman–Crippen MR) is 144 cm³/mol. The van der Waals surface area contributed by atoms with Gasteiger partial charge in [-0.1, -0.05) is 97.1 Å². The van der Waals surface area contributed by atoms with Crippen LogP contribution in [0.15, 0.2) is 97.1 Å². The molecule has 0 aliphatic heterocycles. The van der Waals surface area contributed by atoms with Gasteiger partial charge < -0.3 is 25.5 Å². The summed E-state index contributed by atoms with van der Waals surface area (Å²) in [5.74, 6) is -2.70. The van der Waals surface area contributed by atoms with Gasteiger partial charge in [-0.25, -0.2) is 14.4 Å². The second-order valence-corrected chi connectivity index (χ2v) is 8.99. The molecule has 0 aliphatic carbocycles. The summed E-state index contributed by atoms with van der Waals surface area (Å²) >= 11 is 0. The molecule has 0 fully saturated rings. The number of carbonyl (C=O) groups is 3. The predicted octanol–water partition coefficient (Wildman–Crippen LogP) is 4.16. The van der Waals surface area contributed by atoms with Crippen molar-refractivity contribution in [1.29, 1.82) is 0 Å². The molecule has 4 N–H and O–H groups in total. The van der Waals surface area contributed by atoms with Crippen LogP contribution in [0.5, 0.6) is 0 Å². The van der Waals surface area contributed by atoms with Crippen molar-refractivity contribution in [2.75, 3.05) is 6.54 Å². The van der Waals surface area contributed by atoms with Gasteiger partial charge in [0.2, 0.25) is 0 Å². The lowest BCUT2D eigenvalue weighted by molar-refractivity contribution is -0.147. The Bertz CT molecular complexity index is 1420. The fourth-order valence-corrected chi connectivity index (χ4v) is 4.28. The van der Waals surface area contributed by atoms with Crippen LogP contribution in [0, 0.1) is 0 Å². The van der Waals surface area contributed by atoms with E-state index in [0.717, 1.165) is 26.8 Å². The van der Waals surface area contributed by atoms with E-state index in [-0.39, 0.29) is 13.0 Å². The summed E-state index contributed by atoms with van der Waals surface area (Å²) in [5, 5.41) is 33.5. The van der Waals surface area contributed by atoms with Gasteiger partial charge in [-0.05, 0) is 33.0 Å². The Morgan fingerprint density at radius 2 is 1.39 bits per heavy atom. The van der Waals surface area contributed by atoms with Crippen LogP contribution in [0.1, 0.15) is 11.1 Å². The molecule has 0 aliphatic rings. The third kappa shape index (κ3) is 6.54. The van der Waals surface area contributed by atoms with Gasteiger partial charge in [0.1, 0.15) is 6.04 Å². The molecule has 194 valence electrons. The van der Waals surface area contributed by atoms with E-state index in [1.807, 2.05) is 60.7 Å². The largest absolute Gasteiger partial charge is 0.480 e. The Balaban J connectivity index is 1.49. The highest BCUT2D eigenvalue weighted by Gasteiger charge is 2.27. The van der Waals surface area contributed by atoms with Crippen molar-refractivity contribution < 1.29 is 29.7 Å². The zero-order chi connectivity index (χ0) is 27.1. The van der Waals surface area contributed by atoms with Gasteiger partial charge in [-0.2, -0.15) is 0 Å². The van der Waals surface area contributed by atoms with Crippen LogP contribution >= 0.6 is 0 Å². The molecule has 0 heterocycles. The lowest BCUT2D eigenvalue weighted by atomic mass is 9.96. The Hall–Kier alpha value is -4.69. The molecule has 4 rings (SSSR count). The highest BCUT2D eigenvalue weighted by Crippen LogP contribution is 2.28. The molecule has 0 aromatic heterocycles. The molecule has 8 heteroatoms. The number of aliphatic carboxylic acids is 2. The van der Waals surface area contributed by atoms with E-state index in [4.69, 9.17) is 5.11 Å². The molecule has 8 nitrogen and oxygen atoms in total. The van der Waals surface area contributed by atoms with Crippen molar-refractivity contribution in [3.63, 3.8) is 0 Å². The summed E-state index contributed by atoms with van der Waals surface area (Å²) in [4.78, 5) is 37.3. The minimum Gasteiger partial charge on any atom is -0.480 e. The maximum atomic E-state index is 13.0. The zero-order valence-electron chi connectivity index (χ0n) is 20.5. The summed E-state index contributed by atoms with van der Waals surface area (Å²) < 4.78 is 0. The molecule has 0 radical (unpaired) electrons. The smallest absolute Gasteiger partial charge is 0.334 e. The van der Waals surface area contributed by atoms with E-state index in [1.165, 1.54) is 0 Å². The topological polar surface area (TPSA) is 127 Å². The monoisotopic (exact) mass is 512 g/mol. The minimum absolute atomic E-state index is 0.00306. The van der Waals surface area contributed by atoms with Crippen molar-refractivity contribution >= 4 is 28.7 Å². The van der Waals surface area contributed by atoms with Crippen LogP contribution in [0.2, 0.25) is 0 Å². The van der Waals surface area contributed by atoms with Crippen LogP contribution in [0.25, 0.3) is 21.9 Å². The summed E-state index contributed by atoms with van der Waals surface area (Å²) in [6.07, 6.45) is -1.79. The zero-order valence-corrected chi connectivity index (χ0v) is 20.5. The molecule has 0 saturated carbocycles. The van der Waals surface area contributed by atoms with Gasteiger partial charge in [0, 0.05) is 13.0 Å². The summed E-state index contributed by atoms with van der Waals surface area (Å²) in [6.45, 7) is -0.495. The van der Waals surface area contributed by atoms with E-state index >= 15 is 0 Å². The quantitative estimate of drug-likeness (QED) is 0.253. The van der Waals surface area contributed by atoms with E-state index in [9.17, 15) is 24.6 Å². The van der Waals surface area contributed by atoms with Crippen molar-refractivity contribution in [2.45, 2.75) is 25.1 Å². The molecule has 2 atom stereocenters. The molecule has 0 bridgehead atoms. The van der Waals surface area contributed by atoms with Crippen LogP contribution in [0.4, 0.5) is 4.79 Å². The lowest BCUT2D eigenvalue weighted by Crippen LogP contribution is -2.51. The van der Waals surface area contributed by atoms with Crippen molar-refractivity contribution in [3.8, 4) is 11.1 Å². The molecule has 0 spiro atoms. The Labute approximate surface area is 219 Å². The number of hydrogen-bond acceptors (Lipinski definition) is 4. The van der Waals surface area contributed by atoms with Gasteiger partial charge in [-0.3, -0.25) is 0 Å². The maximum Gasteiger partial charge on any atom is 0.334 e. The van der Waals surface area contributed by atoms with E-state index < -0.39 is 36.7 Å². The average Bonchev–Trinajstić information content (AvgIpc) is 2.92. The van der Waals surface area contributed by atoms with Crippen LogP contribution < -0.4 is 5.32 Å². The minimum atomic E-state index is -1.81. The van der Waals surface area contributed by atoms with Gasteiger partial charge >= 0.3 is 18.0 Å². The number of nitrogens with zero attached hydrogens (tertiary/aromatic N) is 1. The molecule has 0 saturated heterocycles. The molecular weight excluding hydrogens is 484 g/mol. The number of amides is 2. The molecule has 1 unspecified atom stereocenters. The number of carboxylic acid groups (broad SMARTS) is 2. The average molecular weight is 513 g/mol. The Morgan fingerprint density at radius 3 is 2.08 bits per heavy atom. The highest BCUT2D eigenvalue weighted by atomic mass is 16.4. The SMILES string of the molecule is O=C(O)C(O)CN(Cc1ccccc1)C(=O)N[C@@H](Cc1ccc(-c2cccc3ccccc23)cc1)C(=O)O. The Morgan fingerprint density at radius 1 is 0.737 bits per heavy atom. The number of urea groups is 1. The first kappa shape index (κ1) is 26.4. The third-order valence-electron chi connectivity index (χ3n) is 6.27. The fraction of sp³-hybridized carbons (Fsp3) is 0.167. The summed E-state index contributed by atoms with van der Waals surface area (Å²) in [7, 11) is 0. The van der Waals surface area contributed by atoms with Crippen molar-refractivity contribution in [1.82, 2.24) is 10.2 Å². The molecule has 4 aromatic carbocycles. The Kier molecular flexibility index (Phi) is 8.35. The van der Waals surface area contributed by atoms with E-state index in [1.54, 1.807) is 30.3 Å². The number of fused-ring (bicyclic) bond motifs is 1. The van der Waals surface area contributed by atoms with E-state index in [0.29, 0.717) is 11.1 Å². The first-order valence-corrected chi connectivity index (χ1v) is 12.1. The number of benzene rings is 4. The van der Waals surface area contributed by atoms with Gasteiger partial charge in [-0.15, -0.1) is 0 Å². The maximum absolute atomic E-state index is 13.0. The molecule has 4 aromatic rings. The summed E-state index contributed by atoms with van der Waals surface area (Å²) in [5.41, 5.74) is 3.46. The molecule has 2 amide bonds. The van der Waals surface area contributed by atoms with Crippen LogP contribution in [-0.4, -0.2) is 56.9 Å². The number of carboxylic acids is 2.